The Kier molecular flexibility index (Phi) is 6.34. The third kappa shape index (κ3) is 3.81. The van der Waals surface area contributed by atoms with E-state index in [2.05, 4.69) is 5.32 Å². The van der Waals surface area contributed by atoms with E-state index in [9.17, 15) is 19.5 Å². The number of fused-ring (bicyclic) bond motifs is 1. The lowest BCUT2D eigenvalue weighted by atomic mass is 9.71. The van der Waals surface area contributed by atoms with Crippen LogP contribution in [0.25, 0.3) is 0 Å². The Labute approximate surface area is 204 Å². The van der Waals surface area contributed by atoms with Gasteiger partial charge in [0.2, 0.25) is 11.8 Å². The molecule has 2 N–H and O–H groups in total. The summed E-state index contributed by atoms with van der Waals surface area (Å²) in [6, 6.07) is 16.9. The summed E-state index contributed by atoms with van der Waals surface area (Å²) in [4.78, 5) is 42.1. The standard InChI is InChI=1S/C27H30N2O6/c1-2-34-26(33)21-20-13-14-27(35-20)22(21)25(32)29(19(16-30)18-11-7-4-8-12-18)23(27)24(31)28-15-17-9-5-3-6-10-17/h3-12,19-23,30H,2,13-16H2,1H3,(H,28,31)/t19-,20-,21+,22+,23?,27?/m1/s1. The highest BCUT2D eigenvalue weighted by Crippen LogP contribution is 2.59. The van der Waals surface area contributed by atoms with E-state index in [1.807, 2.05) is 60.7 Å². The minimum atomic E-state index is -1.14. The molecule has 2 amide bonds. The second-order valence-corrected chi connectivity index (χ2v) is 9.37. The van der Waals surface area contributed by atoms with E-state index in [1.165, 1.54) is 4.90 Å². The average molecular weight is 479 g/mol. The van der Waals surface area contributed by atoms with Crippen LogP contribution in [-0.4, -0.2) is 58.8 Å². The molecule has 2 aromatic rings. The molecule has 0 aromatic heterocycles. The number of likely N-dealkylation sites (tertiary alicyclic amines) is 1. The van der Waals surface area contributed by atoms with Crippen LogP contribution in [0, 0.1) is 11.8 Å². The fourth-order valence-corrected chi connectivity index (χ4v) is 6.14. The van der Waals surface area contributed by atoms with Crippen molar-refractivity contribution < 1.29 is 29.0 Å². The number of esters is 1. The number of hydrogen-bond donors (Lipinski definition) is 2. The number of nitrogens with one attached hydrogen (secondary N) is 1. The summed E-state index contributed by atoms with van der Waals surface area (Å²) in [7, 11) is 0. The minimum absolute atomic E-state index is 0.198. The van der Waals surface area contributed by atoms with Crippen LogP contribution in [0.3, 0.4) is 0 Å². The Morgan fingerprint density at radius 3 is 2.51 bits per heavy atom. The van der Waals surface area contributed by atoms with Gasteiger partial charge in [-0.1, -0.05) is 60.7 Å². The Balaban J connectivity index is 1.53. The van der Waals surface area contributed by atoms with E-state index >= 15 is 0 Å². The Hall–Kier alpha value is -3.23. The monoisotopic (exact) mass is 478 g/mol. The second-order valence-electron chi connectivity index (χ2n) is 9.37. The Bertz CT molecular complexity index is 1090. The first kappa shape index (κ1) is 23.5. The van der Waals surface area contributed by atoms with Crippen molar-refractivity contribution in [2.75, 3.05) is 13.2 Å². The largest absolute Gasteiger partial charge is 0.466 e. The van der Waals surface area contributed by atoms with E-state index in [0.717, 1.165) is 5.56 Å². The molecule has 0 saturated carbocycles. The van der Waals surface area contributed by atoms with Crippen molar-refractivity contribution in [1.29, 1.82) is 0 Å². The summed E-state index contributed by atoms with van der Waals surface area (Å²) in [5, 5.41) is 13.4. The molecule has 3 fully saturated rings. The molecular formula is C27H30N2O6. The van der Waals surface area contributed by atoms with E-state index < -0.39 is 41.6 Å². The zero-order valence-corrected chi connectivity index (χ0v) is 19.6. The summed E-state index contributed by atoms with van der Waals surface area (Å²) in [6.07, 6.45) is 0.592. The van der Waals surface area contributed by atoms with Gasteiger partial charge in [-0.15, -0.1) is 0 Å². The van der Waals surface area contributed by atoms with Gasteiger partial charge in [0.1, 0.15) is 11.6 Å². The van der Waals surface area contributed by atoms with Gasteiger partial charge in [0.15, 0.2) is 0 Å². The molecule has 3 saturated heterocycles. The van der Waals surface area contributed by atoms with E-state index in [1.54, 1.807) is 6.92 Å². The first-order chi connectivity index (χ1) is 17.0. The third-order valence-electron chi connectivity index (χ3n) is 7.55. The van der Waals surface area contributed by atoms with Crippen molar-refractivity contribution in [3.63, 3.8) is 0 Å². The number of carbonyl (C=O) groups is 3. The lowest BCUT2D eigenvalue weighted by molar-refractivity contribution is -0.155. The van der Waals surface area contributed by atoms with Crippen LogP contribution in [0.1, 0.15) is 36.9 Å². The molecule has 5 rings (SSSR count). The molecule has 1 spiro atoms. The van der Waals surface area contributed by atoms with Crippen molar-refractivity contribution in [2.45, 2.75) is 50.1 Å². The summed E-state index contributed by atoms with van der Waals surface area (Å²) in [5.41, 5.74) is 0.499. The van der Waals surface area contributed by atoms with Gasteiger partial charge in [-0.25, -0.2) is 0 Å². The lowest BCUT2D eigenvalue weighted by Gasteiger charge is -2.36. The van der Waals surface area contributed by atoms with E-state index in [-0.39, 0.29) is 25.0 Å². The van der Waals surface area contributed by atoms with Crippen molar-refractivity contribution in [3.8, 4) is 0 Å². The quantitative estimate of drug-likeness (QED) is 0.562. The van der Waals surface area contributed by atoms with Crippen LogP contribution in [0.5, 0.6) is 0 Å². The van der Waals surface area contributed by atoms with Gasteiger partial charge in [-0.05, 0) is 30.9 Å². The number of benzene rings is 2. The van der Waals surface area contributed by atoms with Crippen molar-refractivity contribution in [3.05, 3.63) is 71.8 Å². The van der Waals surface area contributed by atoms with Crippen LogP contribution in [0.15, 0.2) is 60.7 Å². The third-order valence-corrected chi connectivity index (χ3v) is 7.55. The molecule has 8 nitrogen and oxygen atoms in total. The fourth-order valence-electron chi connectivity index (χ4n) is 6.14. The zero-order chi connectivity index (χ0) is 24.6. The molecule has 3 heterocycles. The maximum absolute atomic E-state index is 14.0. The number of hydrogen-bond acceptors (Lipinski definition) is 6. The highest BCUT2D eigenvalue weighted by molar-refractivity contribution is 5.98. The number of carbonyl (C=O) groups excluding carboxylic acids is 3. The number of amides is 2. The fraction of sp³-hybridized carbons (Fsp3) is 0.444. The van der Waals surface area contributed by atoms with Gasteiger partial charge in [0, 0.05) is 6.54 Å². The molecule has 2 unspecified atom stereocenters. The van der Waals surface area contributed by atoms with Crippen LogP contribution >= 0.6 is 0 Å². The molecule has 184 valence electrons. The van der Waals surface area contributed by atoms with Gasteiger partial charge in [0.05, 0.1) is 37.2 Å². The zero-order valence-electron chi connectivity index (χ0n) is 19.6. The SMILES string of the molecule is CCOC(=O)[C@@H]1[C@H]2C(=O)N([C@H](CO)c3ccccc3)C(C(=O)NCc3ccccc3)C23CC[C@H]1O3. The minimum Gasteiger partial charge on any atom is -0.466 e. The van der Waals surface area contributed by atoms with Gasteiger partial charge >= 0.3 is 5.97 Å². The normalized spacial score (nSPS) is 29.7. The predicted octanol–water partition coefficient (Wildman–Crippen LogP) is 1.97. The topological polar surface area (TPSA) is 105 Å². The van der Waals surface area contributed by atoms with Gasteiger partial charge in [-0.3, -0.25) is 14.4 Å². The van der Waals surface area contributed by atoms with Gasteiger partial charge in [0.25, 0.3) is 0 Å². The first-order valence-electron chi connectivity index (χ1n) is 12.2. The van der Waals surface area contributed by atoms with E-state index in [4.69, 9.17) is 9.47 Å². The molecule has 2 aromatic carbocycles. The summed E-state index contributed by atoms with van der Waals surface area (Å²) in [5.74, 6) is -2.77. The highest BCUT2D eigenvalue weighted by atomic mass is 16.6. The molecule has 0 radical (unpaired) electrons. The smallest absolute Gasteiger partial charge is 0.312 e. The molecular weight excluding hydrogens is 448 g/mol. The second kappa shape index (κ2) is 9.43. The van der Waals surface area contributed by atoms with Crippen molar-refractivity contribution in [1.82, 2.24) is 10.2 Å². The lowest BCUT2D eigenvalue weighted by Crippen LogP contribution is -2.56. The van der Waals surface area contributed by atoms with Gasteiger partial charge in [-0.2, -0.15) is 0 Å². The molecule has 8 heteroatoms. The number of nitrogens with zero attached hydrogens (tertiary/aromatic N) is 1. The van der Waals surface area contributed by atoms with Crippen LogP contribution in [0.4, 0.5) is 0 Å². The van der Waals surface area contributed by atoms with Crippen molar-refractivity contribution in [2.24, 2.45) is 11.8 Å². The maximum atomic E-state index is 14.0. The van der Waals surface area contributed by atoms with Crippen molar-refractivity contribution >= 4 is 17.8 Å². The predicted molar refractivity (Wildman–Crippen MR) is 126 cm³/mol. The maximum Gasteiger partial charge on any atom is 0.312 e. The number of aliphatic hydroxyl groups excluding tert-OH is 1. The van der Waals surface area contributed by atoms with Gasteiger partial charge < -0.3 is 24.8 Å². The number of rotatable bonds is 8. The molecule has 35 heavy (non-hydrogen) atoms. The summed E-state index contributed by atoms with van der Waals surface area (Å²) in [6.45, 7) is 1.85. The van der Waals surface area contributed by atoms with Crippen LogP contribution < -0.4 is 5.32 Å². The Morgan fingerprint density at radius 2 is 1.86 bits per heavy atom. The van der Waals surface area contributed by atoms with Crippen LogP contribution in [0.2, 0.25) is 0 Å². The molecule has 6 atom stereocenters. The highest BCUT2D eigenvalue weighted by Gasteiger charge is 2.75. The van der Waals surface area contributed by atoms with Crippen LogP contribution in [-0.2, 0) is 30.4 Å². The number of aliphatic hydroxyl groups is 1. The number of ether oxygens (including phenoxy) is 2. The molecule has 3 aliphatic rings. The molecule has 3 aliphatic heterocycles. The van der Waals surface area contributed by atoms with E-state index in [0.29, 0.717) is 24.9 Å². The first-order valence-corrected chi connectivity index (χ1v) is 12.2. The molecule has 0 aliphatic carbocycles. The summed E-state index contributed by atoms with van der Waals surface area (Å²) < 4.78 is 11.7. The Morgan fingerprint density at radius 1 is 1.17 bits per heavy atom. The molecule has 2 bridgehead atoms. The summed E-state index contributed by atoms with van der Waals surface area (Å²) >= 11 is 0. The average Bonchev–Trinajstić information content (AvgIpc) is 3.52.